The third-order valence-electron chi connectivity index (χ3n) is 6.84. The second kappa shape index (κ2) is 22.6. The SMILES string of the molecule is CCCCCCCCCOCCC(CC)(CC)CCOCCCCCCCCC. The summed E-state index contributed by atoms with van der Waals surface area (Å²) in [4.78, 5) is 0. The zero-order chi connectivity index (χ0) is 21.5. The van der Waals surface area contributed by atoms with Gasteiger partial charge in [-0.15, -0.1) is 0 Å². The zero-order valence-corrected chi connectivity index (χ0v) is 20.9. The van der Waals surface area contributed by atoms with Crippen molar-refractivity contribution in [3.63, 3.8) is 0 Å². The van der Waals surface area contributed by atoms with Crippen LogP contribution in [0.2, 0.25) is 0 Å². The van der Waals surface area contributed by atoms with Gasteiger partial charge in [-0.1, -0.05) is 118 Å². The van der Waals surface area contributed by atoms with Crippen LogP contribution in [0.25, 0.3) is 0 Å². The molecule has 0 fully saturated rings. The number of unbranched alkanes of at least 4 members (excludes halogenated alkanes) is 12. The summed E-state index contributed by atoms with van der Waals surface area (Å²) >= 11 is 0. The first-order chi connectivity index (χ1) is 14.2. The van der Waals surface area contributed by atoms with Gasteiger partial charge in [-0.25, -0.2) is 0 Å². The maximum Gasteiger partial charge on any atom is 0.0471 e. The Morgan fingerprint density at radius 2 is 0.759 bits per heavy atom. The molecule has 2 nitrogen and oxygen atoms in total. The predicted octanol–water partition coefficient (Wildman–Crippen LogP) is 9.11. The minimum atomic E-state index is 0.417. The van der Waals surface area contributed by atoms with Gasteiger partial charge in [0.25, 0.3) is 0 Å². The Balaban J connectivity index is 3.64. The summed E-state index contributed by atoms with van der Waals surface area (Å²) in [5, 5.41) is 0. The van der Waals surface area contributed by atoms with Crippen LogP contribution in [0.5, 0.6) is 0 Å². The molecule has 0 aliphatic rings. The second-order valence-corrected chi connectivity index (χ2v) is 9.17. The molecule has 0 aromatic carbocycles. The van der Waals surface area contributed by atoms with E-state index in [1.807, 2.05) is 0 Å². The molecule has 0 aromatic rings. The Kier molecular flexibility index (Phi) is 22.5. The molecule has 29 heavy (non-hydrogen) atoms. The third kappa shape index (κ3) is 18.4. The maximum absolute atomic E-state index is 5.98. The number of ether oxygens (including phenoxy) is 2. The van der Waals surface area contributed by atoms with Crippen LogP contribution in [-0.2, 0) is 9.47 Å². The van der Waals surface area contributed by atoms with Gasteiger partial charge in [0, 0.05) is 26.4 Å². The van der Waals surface area contributed by atoms with Crippen molar-refractivity contribution in [3.8, 4) is 0 Å². The average Bonchev–Trinajstić information content (AvgIpc) is 2.75. The minimum absolute atomic E-state index is 0.417. The lowest BCUT2D eigenvalue weighted by molar-refractivity contribution is 0.0512. The van der Waals surface area contributed by atoms with Gasteiger partial charge < -0.3 is 9.47 Å². The molecule has 0 rings (SSSR count). The van der Waals surface area contributed by atoms with Gasteiger partial charge in [-0.2, -0.15) is 0 Å². The van der Waals surface area contributed by atoms with Crippen molar-refractivity contribution in [2.75, 3.05) is 26.4 Å². The van der Waals surface area contributed by atoms with Gasteiger partial charge in [0.1, 0.15) is 0 Å². The van der Waals surface area contributed by atoms with Crippen molar-refractivity contribution >= 4 is 0 Å². The molecule has 0 amide bonds. The Bertz CT molecular complexity index is 273. The topological polar surface area (TPSA) is 18.5 Å². The van der Waals surface area contributed by atoms with E-state index in [-0.39, 0.29) is 0 Å². The third-order valence-corrected chi connectivity index (χ3v) is 6.84. The Morgan fingerprint density at radius 3 is 1.10 bits per heavy atom. The van der Waals surface area contributed by atoms with E-state index < -0.39 is 0 Å². The van der Waals surface area contributed by atoms with Gasteiger partial charge in [-0.3, -0.25) is 0 Å². The predicted molar refractivity (Wildman–Crippen MR) is 130 cm³/mol. The van der Waals surface area contributed by atoms with E-state index in [2.05, 4.69) is 27.7 Å². The van der Waals surface area contributed by atoms with Gasteiger partial charge >= 0.3 is 0 Å². The van der Waals surface area contributed by atoms with E-state index in [9.17, 15) is 0 Å². The first-order valence-corrected chi connectivity index (χ1v) is 13.4. The smallest absolute Gasteiger partial charge is 0.0471 e. The number of hydrogen-bond donors (Lipinski definition) is 0. The summed E-state index contributed by atoms with van der Waals surface area (Å²) in [5.41, 5.74) is 0.417. The summed E-state index contributed by atoms with van der Waals surface area (Å²) in [6.07, 6.45) is 23.9. The Hall–Kier alpha value is -0.0800. The van der Waals surface area contributed by atoms with Gasteiger partial charge in [0.2, 0.25) is 0 Å². The Labute approximate surface area is 184 Å². The maximum atomic E-state index is 5.98. The molecule has 0 heterocycles. The average molecular weight is 413 g/mol. The molecule has 0 saturated heterocycles. The Morgan fingerprint density at radius 1 is 0.414 bits per heavy atom. The lowest BCUT2D eigenvalue weighted by Gasteiger charge is -2.31. The molecule has 2 heteroatoms. The van der Waals surface area contributed by atoms with E-state index >= 15 is 0 Å². The molecule has 0 atom stereocenters. The molecular weight excluding hydrogens is 356 g/mol. The summed E-state index contributed by atoms with van der Waals surface area (Å²) in [6.45, 7) is 13.0. The minimum Gasteiger partial charge on any atom is -0.381 e. The second-order valence-electron chi connectivity index (χ2n) is 9.17. The van der Waals surface area contributed by atoms with Gasteiger partial charge in [-0.05, 0) is 31.1 Å². The molecule has 0 bridgehead atoms. The molecule has 0 unspecified atom stereocenters. The molecule has 0 aromatic heterocycles. The summed E-state index contributed by atoms with van der Waals surface area (Å²) in [7, 11) is 0. The van der Waals surface area contributed by atoms with E-state index in [1.54, 1.807) is 0 Å². The van der Waals surface area contributed by atoms with Gasteiger partial charge in [0.15, 0.2) is 0 Å². The van der Waals surface area contributed by atoms with Crippen LogP contribution < -0.4 is 0 Å². The molecule has 0 spiro atoms. The van der Waals surface area contributed by atoms with Crippen LogP contribution in [-0.4, -0.2) is 26.4 Å². The monoisotopic (exact) mass is 412 g/mol. The fraction of sp³-hybridized carbons (Fsp3) is 1.00. The van der Waals surface area contributed by atoms with Gasteiger partial charge in [0.05, 0.1) is 0 Å². The molecule has 0 N–H and O–H groups in total. The van der Waals surface area contributed by atoms with E-state index in [1.165, 1.54) is 116 Å². The number of rotatable bonds is 24. The summed E-state index contributed by atoms with van der Waals surface area (Å²) < 4.78 is 12.0. The van der Waals surface area contributed by atoms with Crippen LogP contribution in [0.1, 0.15) is 143 Å². The summed E-state index contributed by atoms with van der Waals surface area (Å²) in [5.74, 6) is 0. The first kappa shape index (κ1) is 28.9. The lowest BCUT2D eigenvalue weighted by atomic mass is 9.77. The highest BCUT2D eigenvalue weighted by Crippen LogP contribution is 2.34. The van der Waals surface area contributed by atoms with Crippen LogP contribution in [0.4, 0.5) is 0 Å². The van der Waals surface area contributed by atoms with Crippen LogP contribution >= 0.6 is 0 Å². The first-order valence-electron chi connectivity index (χ1n) is 13.4. The fourth-order valence-electron chi connectivity index (χ4n) is 4.19. The van der Waals surface area contributed by atoms with Crippen molar-refractivity contribution in [1.82, 2.24) is 0 Å². The zero-order valence-electron chi connectivity index (χ0n) is 20.9. The lowest BCUT2D eigenvalue weighted by Crippen LogP contribution is -2.23. The largest absolute Gasteiger partial charge is 0.381 e. The highest BCUT2D eigenvalue weighted by molar-refractivity contribution is 4.76. The van der Waals surface area contributed by atoms with Crippen molar-refractivity contribution in [3.05, 3.63) is 0 Å². The van der Waals surface area contributed by atoms with Crippen molar-refractivity contribution in [2.24, 2.45) is 5.41 Å². The molecule has 0 aliphatic heterocycles. The van der Waals surface area contributed by atoms with Crippen LogP contribution in [0.15, 0.2) is 0 Å². The van der Waals surface area contributed by atoms with E-state index in [4.69, 9.17) is 9.47 Å². The standard InChI is InChI=1S/C27H56O2/c1-5-9-11-13-15-17-19-23-28-25-21-27(7-3,8-4)22-26-29-24-20-18-16-14-12-10-6-2/h5-26H2,1-4H3. The quantitative estimate of drug-likeness (QED) is 0.147. The van der Waals surface area contributed by atoms with Crippen molar-refractivity contribution in [2.45, 2.75) is 143 Å². The molecule has 0 radical (unpaired) electrons. The summed E-state index contributed by atoms with van der Waals surface area (Å²) in [6, 6.07) is 0. The normalized spacial score (nSPS) is 12.0. The van der Waals surface area contributed by atoms with Crippen molar-refractivity contribution in [1.29, 1.82) is 0 Å². The van der Waals surface area contributed by atoms with Crippen LogP contribution in [0, 0.1) is 5.41 Å². The molecule has 0 aliphatic carbocycles. The number of hydrogen-bond acceptors (Lipinski definition) is 2. The van der Waals surface area contributed by atoms with E-state index in [0.29, 0.717) is 5.41 Å². The molecule has 176 valence electrons. The van der Waals surface area contributed by atoms with Crippen molar-refractivity contribution < 1.29 is 9.47 Å². The molecular formula is C27H56O2. The van der Waals surface area contributed by atoms with E-state index in [0.717, 1.165) is 26.4 Å². The fourth-order valence-corrected chi connectivity index (χ4v) is 4.19. The highest BCUT2D eigenvalue weighted by atomic mass is 16.5. The highest BCUT2D eigenvalue weighted by Gasteiger charge is 2.25. The van der Waals surface area contributed by atoms with Crippen LogP contribution in [0.3, 0.4) is 0 Å². The molecule has 0 saturated carbocycles.